The number of hydrogen-bond donors (Lipinski definition) is 2. The monoisotopic (exact) mass is 256 g/mol. The van der Waals surface area contributed by atoms with Crippen molar-refractivity contribution in [1.82, 2.24) is 10.2 Å². The highest BCUT2D eigenvalue weighted by Crippen LogP contribution is 2.15. The fraction of sp³-hybridized carbons (Fsp3) is 0.846. The fourth-order valence-electron chi connectivity index (χ4n) is 2.52. The molecule has 0 aromatic heterocycles. The van der Waals surface area contributed by atoms with Crippen molar-refractivity contribution in [2.45, 2.75) is 58.0 Å². The van der Waals surface area contributed by atoms with E-state index >= 15 is 0 Å². The Morgan fingerprint density at radius 1 is 1.44 bits per heavy atom. The quantitative estimate of drug-likeness (QED) is 0.750. The lowest BCUT2D eigenvalue weighted by Crippen LogP contribution is -2.52. The maximum absolute atomic E-state index is 11.5. The van der Waals surface area contributed by atoms with Crippen LogP contribution in [0.4, 0.5) is 0 Å². The molecule has 104 valence electrons. The second kappa shape index (κ2) is 7.36. The first-order valence-corrected chi connectivity index (χ1v) is 6.84. The van der Waals surface area contributed by atoms with Crippen LogP contribution in [0.1, 0.15) is 46.0 Å². The van der Waals surface area contributed by atoms with Crippen LogP contribution in [-0.2, 0) is 9.59 Å². The van der Waals surface area contributed by atoms with E-state index in [-0.39, 0.29) is 11.9 Å². The molecule has 18 heavy (non-hydrogen) atoms. The maximum atomic E-state index is 11.5. The average molecular weight is 256 g/mol. The number of carbonyl (C=O) groups excluding carboxylic acids is 1. The minimum Gasteiger partial charge on any atom is -0.480 e. The van der Waals surface area contributed by atoms with Crippen molar-refractivity contribution < 1.29 is 14.7 Å². The second-order valence-electron chi connectivity index (χ2n) is 4.91. The van der Waals surface area contributed by atoms with Crippen molar-refractivity contribution in [3.05, 3.63) is 0 Å². The number of likely N-dealkylation sites (tertiary alicyclic amines) is 1. The molecule has 2 N–H and O–H groups in total. The summed E-state index contributed by atoms with van der Waals surface area (Å²) in [5.41, 5.74) is 0. The van der Waals surface area contributed by atoms with Gasteiger partial charge in [0.05, 0.1) is 0 Å². The third-order valence-electron chi connectivity index (χ3n) is 3.41. The number of piperidine rings is 1. The highest BCUT2D eigenvalue weighted by molar-refractivity contribution is 5.76. The van der Waals surface area contributed by atoms with Crippen molar-refractivity contribution in [2.24, 2.45) is 0 Å². The average Bonchev–Trinajstić information content (AvgIpc) is 2.30. The van der Waals surface area contributed by atoms with Gasteiger partial charge in [0.2, 0.25) is 5.91 Å². The molecule has 1 amide bonds. The Kier molecular flexibility index (Phi) is 6.12. The lowest BCUT2D eigenvalue weighted by atomic mass is 10.0. The lowest BCUT2D eigenvalue weighted by molar-refractivity contribution is -0.144. The Bertz CT molecular complexity index is 294. The number of hydrogen-bond acceptors (Lipinski definition) is 3. The Morgan fingerprint density at radius 2 is 2.17 bits per heavy atom. The van der Waals surface area contributed by atoms with E-state index < -0.39 is 12.0 Å². The van der Waals surface area contributed by atoms with Crippen molar-refractivity contribution in [3.8, 4) is 0 Å². The molecule has 0 aromatic carbocycles. The van der Waals surface area contributed by atoms with Gasteiger partial charge in [0.25, 0.3) is 0 Å². The van der Waals surface area contributed by atoms with Crippen LogP contribution in [-0.4, -0.2) is 47.1 Å². The smallest absolute Gasteiger partial charge is 0.320 e. The lowest BCUT2D eigenvalue weighted by Gasteiger charge is -2.36. The first-order chi connectivity index (χ1) is 8.58. The van der Waals surface area contributed by atoms with Gasteiger partial charge in [0.15, 0.2) is 0 Å². The summed E-state index contributed by atoms with van der Waals surface area (Å²) in [5.74, 6) is -0.689. The van der Waals surface area contributed by atoms with Crippen molar-refractivity contribution in [1.29, 1.82) is 0 Å². The Hall–Kier alpha value is -1.10. The number of nitrogens with one attached hydrogen (secondary N) is 1. The molecule has 2 atom stereocenters. The third-order valence-corrected chi connectivity index (χ3v) is 3.41. The summed E-state index contributed by atoms with van der Waals surface area (Å²) in [6.07, 6.45) is 3.88. The molecule has 0 aromatic rings. The molecule has 1 saturated heterocycles. The zero-order valence-corrected chi connectivity index (χ0v) is 11.3. The minimum absolute atomic E-state index is 0.0766. The van der Waals surface area contributed by atoms with E-state index in [9.17, 15) is 9.59 Å². The number of nitrogens with zero attached hydrogens (tertiary/aromatic N) is 1. The van der Waals surface area contributed by atoms with Crippen molar-refractivity contribution in [3.63, 3.8) is 0 Å². The van der Waals surface area contributed by atoms with Crippen molar-refractivity contribution in [2.75, 3.05) is 13.1 Å². The third kappa shape index (κ3) is 4.29. The molecule has 1 fully saturated rings. The molecule has 1 rings (SSSR count). The van der Waals surface area contributed by atoms with Crippen LogP contribution >= 0.6 is 0 Å². The van der Waals surface area contributed by atoms with Crippen LogP contribution in [0.3, 0.4) is 0 Å². The van der Waals surface area contributed by atoms with E-state index in [2.05, 4.69) is 5.32 Å². The van der Waals surface area contributed by atoms with Gasteiger partial charge >= 0.3 is 5.97 Å². The van der Waals surface area contributed by atoms with E-state index in [1.165, 1.54) is 0 Å². The number of carboxylic acids is 1. The first kappa shape index (κ1) is 15.0. The molecular formula is C13H24N2O3. The molecule has 1 aliphatic heterocycles. The summed E-state index contributed by atoms with van der Waals surface area (Å²) in [6.45, 7) is 5.33. The second-order valence-corrected chi connectivity index (χ2v) is 4.91. The summed E-state index contributed by atoms with van der Waals surface area (Å²) in [7, 11) is 0. The van der Waals surface area contributed by atoms with Gasteiger partial charge < -0.3 is 10.4 Å². The zero-order valence-electron chi connectivity index (χ0n) is 11.3. The summed E-state index contributed by atoms with van der Waals surface area (Å²) < 4.78 is 0. The molecule has 0 saturated carbocycles. The normalized spacial score (nSPS) is 22.4. The predicted octanol–water partition coefficient (Wildman–Crippen LogP) is 1.23. The molecule has 0 radical (unpaired) electrons. The highest BCUT2D eigenvalue weighted by Gasteiger charge is 2.29. The van der Waals surface area contributed by atoms with Crippen LogP contribution in [0.15, 0.2) is 0 Å². The number of aliphatic carboxylic acids is 1. The van der Waals surface area contributed by atoms with Gasteiger partial charge in [0.1, 0.15) is 6.04 Å². The molecule has 0 spiro atoms. The van der Waals surface area contributed by atoms with Crippen molar-refractivity contribution >= 4 is 11.9 Å². The summed E-state index contributed by atoms with van der Waals surface area (Å²) in [5, 5.41) is 12.1. The Balaban J connectivity index is 2.49. The molecule has 5 heteroatoms. The summed E-state index contributed by atoms with van der Waals surface area (Å²) in [4.78, 5) is 24.7. The Labute approximate surface area is 109 Å². The van der Waals surface area contributed by atoms with E-state index in [1.54, 1.807) is 0 Å². The number of amides is 1. The van der Waals surface area contributed by atoms with Gasteiger partial charge in [-0.3, -0.25) is 14.5 Å². The number of rotatable bonds is 6. The summed E-state index contributed by atoms with van der Waals surface area (Å²) in [6, 6.07) is -0.318. The molecule has 0 bridgehead atoms. The molecular weight excluding hydrogens is 232 g/mol. The maximum Gasteiger partial charge on any atom is 0.320 e. The fourth-order valence-corrected chi connectivity index (χ4v) is 2.52. The van der Waals surface area contributed by atoms with Crippen LogP contribution in [0, 0.1) is 0 Å². The van der Waals surface area contributed by atoms with Gasteiger partial charge in [-0.05, 0) is 32.2 Å². The largest absolute Gasteiger partial charge is 0.480 e. The Morgan fingerprint density at radius 3 is 2.72 bits per heavy atom. The highest BCUT2D eigenvalue weighted by atomic mass is 16.4. The standard InChI is InChI=1S/C13H24N2O3/c1-3-6-12(16)14-10-7-5-8-15(9-10)11(4-2)13(17)18/h10-11H,3-9H2,1-2H3,(H,14,16)(H,17,18)/t10-,11+/m0/s1. The summed E-state index contributed by atoms with van der Waals surface area (Å²) >= 11 is 0. The van der Waals surface area contributed by atoms with Gasteiger partial charge in [0, 0.05) is 19.0 Å². The van der Waals surface area contributed by atoms with Gasteiger partial charge in [-0.25, -0.2) is 0 Å². The number of carbonyl (C=O) groups is 2. The molecule has 5 nitrogen and oxygen atoms in total. The zero-order chi connectivity index (χ0) is 13.5. The SMILES string of the molecule is CCCC(=O)N[C@H]1CCCN([C@H](CC)C(=O)O)C1. The van der Waals surface area contributed by atoms with Gasteiger partial charge in [-0.2, -0.15) is 0 Å². The van der Waals surface area contributed by atoms with Crippen LogP contribution in [0.2, 0.25) is 0 Å². The van der Waals surface area contributed by atoms with Crippen LogP contribution < -0.4 is 5.32 Å². The predicted molar refractivity (Wildman–Crippen MR) is 69.4 cm³/mol. The van der Waals surface area contributed by atoms with E-state index in [4.69, 9.17) is 5.11 Å². The molecule has 0 unspecified atom stereocenters. The molecule has 1 aliphatic rings. The molecule has 1 heterocycles. The van der Waals surface area contributed by atoms with E-state index in [0.717, 1.165) is 25.8 Å². The molecule has 0 aliphatic carbocycles. The van der Waals surface area contributed by atoms with Crippen LogP contribution in [0.25, 0.3) is 0 Å². The first-order valence-electron chi connectivity index (χ1n) is 6.84. The van der Waals surface area contributed by atoms with Gasteiger partial charge in [-0.1, -0.05) is 13.8 Å². The van der Waals surface area contributed by atoms with E-state index in [1.807, 2.05) is 18.7 Å². The van der Waals surface area contributed by atoms with Gasteiger partial charge in [-0.15, -0.1) is 0 Å². The van der Waals surface area contributed by atoms with E-state index in [0.29, 0.717) is 19.4 Å². The van der Waals surface area contributed by atoms with Crippen LogP contribution in [0.5, 0.6) is 0 Å². The minimum atomic E-state index is -0.766. The topological polar surface area (TPSA) is 69.6 Å². The number of carboxylic acid groups (broad SMARTS) is 1.